The lowest BCUT2D eigenvalue weighted by molar-refractivity contribution is -0.384. The lowest BCUT2D eigenvalue weighted by Crippen LogP contribution is -2.28. The lowest BCUT2D eigenvalue weighted by atomic mass is 10.1. The van der Waals surface area contributed by atoms with Crippen molar-refractivity contribution in [3.63, 3.8) is 0 Å². The van der Waals surface area contributed by atoms with Crippen molar-refractivity contribution in [3.05, 3.63) is 110 Å². The summed E-state index contributed by atoms with van der Waals surface area (Å²) in [5, 5.41) is 17.7. The van der Waals surface area contributed by atoms with Crippen molar-refractivity contribution in [2.24, 2.45) is 0 Å². The molecule has 35 heavy (non-hydrogen) atoms. The van der Waals surface area contributed by atoms with Gasteiger partial charge in [0, 0.05) is 17.5 Å². The summed E-state index contributed by atoms with van der Waals surface area (Å²) in [4.78, 5) is 48.0. The van der Waals surface area contributed by atoms with Crippen molar-refractivity contribution in [2.45, 2.75) is 6.54 Å². The fourth-order valence-electron chi connectivity index (χ4n) is 3.36. The van der Waals surface area contributed by atoms with E-state index < -0.39 is 46.2 Å². The summed E-state index contributed by atoms with van der Waals surface area (Å²) < 4.78 is 20.1. The van der Waals surface area contributed by atoms with Gasteiger partial charge in [-0.25, -0.2) is 13.9 Å². The first-order chi connectivity index (χ1) is 16.8. The zero-order valence-corrected chi connectivity index (χ0v) is 18.0. The van der Waals surface area contributed by atoms with Crippen LogP contribution in [0.25, 0.3) is 10.8 Å². The van der Waals surface area contributed by atoms with Gasteiger partial charge in [-0.05, 0) is 17.7 Å². The molecule has 0 bridgehead atoms. The van der Waals surface area contributed by atoms with Gasteiger partial charge >= 0.3 is 5.97 Å². The van der Waals surface area contributed by atoms with E-state index in [2.05, 4.69) is 10.4 Å². The number of anilines is 1. The second-order valence-electron chi connectivity index (χ2n) is 7.39. The van der Waals surface area contributed by atoms with Crippen LogP contribution in [0.5, 0.6) is 0 Å². The Morgan fingerprint density at radius 3 is 2.43 bits per heavy atom. The number of halogens is 1. The van der Waals surface area contributed by atoms with Gasteiger partial charge in [0.25, 0.3) is 17.2 Å². The molecular weight excluding hydrogens is 459 g/mol. The van der Waals surface area contributed by atoms with Crippen LogP contribution in [0.4, 0.5) is 15.8 Å². The number of amides is 1. The summed E-state index contributed by atoms with van der Waals surface area (Å²) in [5.41, 5.74) is -0.643. The van der Waals surface area contributed by atoms with Gasteiger partial charge in [-0.1, -0.05) is 48.5 Å². The molecule has 0 unspecified atom stereocenters. The highest BCUT2D eigenvalue weighted by molar-refractivity contribution is 6.03. The van der Waals surface area contributed by atoms with Crippen molar-refractivity contribution in [3.8, 4) is 0 Å². The number of nitro benzene ring substituents is 1. The number of nitrogens with one attached hydrogen (secondary N) is 1. The first-order valence-corrected chi connectivity index (χ1v) is 10.3. The molecule has 10 nitrogen and oxygen atoms in total. The Balaban J connectivity index is 1.55. The van der Waals surface area contributed by atoms with Crippen molar-refractivity contribution in [2.75, 3.05) is 11.9 Å². The minimum Gasteiger partial charge on any atom is -0.451 e. The predicted molar refractivity (Wildman–Crippen MR) is 124 cm³/mol. The Morgan fingerprint density at radius 1 is 1.03 bits per heavy atom. The van der Waals surface area contributed by atoms with Crippen molar-refractivity contribution in [1.29, 1.82) is 0 Å². The molecule has 4 rings (SSSR count). The molecule has 1 N–H and O–H groups in total. The Hall–Kier alpha value is -4.93. The highest BCUT2D eigenvalue weighted by atomic mass is 19.1. The highest BCUT2D eigenvalue weighted by Crippen LogP contribution is 2.21. The molecule has 0 radical (unpaired) electrons. The molecular formula is C24H17FN4O6. The zero-order chi connectivity index (χ0) is 24.9. The SMILES string of the molecule is O=C(COC(=O)c1nn(Cc2ccccc2)c(=O)c2ccccc12)Nc1cc([N+](=O)[O-])ccc1F. The number of hydrogen-bond donors (Lipinski definition) is 1. The molecule has 11 heteroatoms. The number of aromatic nitrogens is 2. The van der Waals surface area contributed by atoms with Crippen LogP contribution in [0.1, 0.15) is 16.1 Å². The topological polar surface area (TPSA) is 133 Å². The smallest absolute Gasteiger partial charge is 0.359 e. The normalized spacial score (nSPS) is 10.7. The number of rotatable bonds is 7. The van der Waals surface area contributed by atoms with Gasteiger partial charge in [0.15, 0.2) is 12.3 Å². The van der Waals surface area contributed by atoms with Crippen LogP contribution in [-0.2, 0) is 16.1 Å². The average molecular weight is 476 g/mol. The van der Waals surface area contributed by atoms with Crippen LogP contribution in [0.15, 0.2) is 77.6 Å². The molecule has 176 valence electrons. The molecule has 3 aromatic carbocycles. The number of ether oxygens (including phenoxy) is 1. The van der Waals surface area contributed by atoms with Crippen LogP contribution in [0.2, 0.25) is 0 Å². The second-order valence-corrected chi connectivity index (χ2v) is 7.39. The first kappa shape index (κ1) is 23.2. The molecule has 1 amide bonds. The van der Waals surface area contributed by atoms with Gasteiger partial charge < -0.3 is 10.1 Å². The molecule has 1 heterocycles. The van der Waals surface area contributed by atoms with Gasteiger partial charge in [-0.3, -0.25) is 19.7 Å². The molecule has 0 aliphatic rings. The van der Waals surface area contributed by atoms with E-state index in [4.69, 9.17) is 4.74 Å². The standard InChI is InChI=1S/C24H17FN4O6/c25-19-11-10-16(29(33)34)12-20(19)26-21(30)14-35-24(32)22-17-8-4-5-9-18(17)23(31)28(27-22)13-15-6-2-1-3-7-15/h1-12H,13-14H2,(H,26,30). The van der Waals surface area contributed by atoms with Crippen molar-refractivity contribution >= 4 is 34.0 Å². The van der Waals surface area contributed by atoms with Crippen LogP contribution >= 0.6 is 0 Å². The maximum absolute atomic E-state index is 13.9. The van der Waals surface area contributed by atoms with E-state index in [-0.39, 0.29) is 23.0 Å². The third-order valence-electron chi connectivity index (χ3n) is 5.01. The van der Waals surface area contributed by atoms with Crippen LogP contribution < -0.4 is 10.9 Å². The zero-order valence-electron chi connectivity index (χ0n) is 18.0. The molecule has 0 aliphatic heterocycles. The number of nitrogens with zero attached hydrogens (tertiary/aromatic N) is 3. The Bertz CT molecular complexity index is 1500. The number of esters is 1. The predicted octanol–water partition coefficient (Wildman–Crippen LogP) is 3.29. The summed E-state index contributed by atoms with van der Waals surface area (Å²) in [7, 11) is 0. The number of benzene rings is 3. The van der Waals surface area contributed by atoms with Crippen molar-refractivity contribution in [1.82, 2.24) is 9.78 Å². The second kappa shape index (κ2) is 9.91. The number of carbonyl (C=O) groups excluding carboxylic acids is 2. The molecule has 0 aliphatic carbocycles. The molecule has 0 saturated carbocycles. The van der Waals surface area contributed by atoms with E-state index >= 15 is 0 Å². The molecule has 4 aromatic rings. The number of hydrogen-bond acceptors (Lipinski definition) is 7. The number of fused-ring (bicyclic) bond motifs is 1. The third-order valence-corrected chi connectivity index (χ3v) is 5.01. The summed E-state index contributed by atoms with van der Waals surface area (Å²) >= 11 is 0. The number of nitro groups is 1. The van der Waals surface area contributed by atoms with Crippen LogP contribution in [0, 0.1) is 15.9 Å². The van der Waals surface area contributed by atoms with Gasteiger partial charge in [-0.15, -0.1) is 0 Å². The summed E-state index contributed by atoms with van der Waals surface area (Å²) in [6, 6.07) is 18.0. The monoisotopic (exact) mass is 476 g/mol. The Morgan fingerprint density at radius 2 is 1.71 bits per heavy atom. The third kappa shape index (κ3) is 5.19. The maximum Gasteiger partial charge on any atom is 0.359 e. The van der Waals surface area contributed by atoms with Crippen molar-refractivity contribution < 1.29 is 23.6 Å². The molecule has 1 aromatic heterocycles. The fraction of sp³-hybridized carbons (Fsp3) is 0.0833. The largest absolute Gasteiger partial charge is 0.451 e. The van der Waals surface area contributed by atoms with Gasteiger partial charge in [0.1, 0.15) is 5.82 Å². The van der Waals surface area contributed by atoms with Gasteiger partial charge in [0.2, 0.25) is 0 Å². The number of non-ortho nitro benzene ring substituents is 1. The number of carbonyl (C=O) groups is 2. The summed E-state index contributed by atoms with van der Waals surface area (Å²) in [6.07, 6.45) is 0. The van der Waals surface area contributed by atoms with E-state index in [1.54, 1.807) is 42.5 Å². The minimum atomic E-state index is -0.974. The van der Waals surface area contributed by atoms with E-state index in [0.29, 0.717) is 0 Å². The Kier molecular flexibility index (Phi) is 6.58. The molecule has 0 fully saturated rings. The quantitative estimate of drug-likeness (QED) is 0.246. The average Bonchev–Trinajstić information content (AvgIpc) is 2.86. The summed E-state index contributed by atoms with van der Waals surface area (Å²) in [6.45, 7) is -0.702. The molecule has 0 saturated heterocycles. The summed E-state index contributed by atoms with van der Waals surface area (Å²) in [5.74, 6) is -2.78. The minimum absolute atomic E-state index is 0.108. The first-order valence-electron chi connectivity index (χ1n) is 10.3. The van der Waals surface area contributed by atoms with Gasteiger partial charge in [-0.2, -0.15) is 5.10 Å². The molecule has 0 atom stereocenters. The van der Waals surface area contributed by atoms with E-state index in [0.717, 1.165) is 28.4 Å². The fourth-order valence-corrected chi connectivity index (χ4v) is 3.36. The highest BCUT2D eigenvalue weighted by Gasteiger charge is 2.20. The van der Waals surface area contributed by atoms with Crippen LogP contribution in [-0.4, -0.2) is 33.2 Å². The Labute approximate surface area is 196 Å². The molecule has 0 spiro atoms. The van der Waals surface area contributed by atoms with E-state index in [1.165, 1.54) is 6.07 Å². The maximum atomic E-state index is 13.9. The van der Waals surface area contributed by atoms with Gasteiger partial charge in [0.05, 0.1) is 22.5 Å². The van der Waals surface area contributed by atoms with E-state index in [1.807, 2.05) is 6.07 Å². The lowest BCUT2D eigenvalue weighted by Gasteiger charge is -2.11. The van der Waals surface area contributed by atoms with Crippen LogP contribution in [0.3, 0.4) is 0 Å². The van der Waals surface area contributed by atoms with E-state index in [9.17, 15) is 28.9 Å².